The molecule has 0 heterocycles. The van der Waals surface area contributed by atoms with Gasteiger partial charge in [-0.15, -0.1) is 0 Å². The van der Waals surface area contributed by atoms with Gasteiger partial charge in [0.1, 0.15) is 5.78 Å². The lowest BCUT2D eigenvalue weighted by Gasteiger charge is -2.29. The third-order valence-corrected chi connectivity index (χ3v) is 4.01. The van der Waals surface area contributed by atoms with Gasteiger partial charge in [0.05, 0.1) is 6.61 Å². The number of carbonyl (C=O) groups is 2. The number of fused-ring (bicyclic) bond motifs is 1. The van der Waals surface area contributed by atoms with Crippen molar-refractivity contribution in [2.24, 2.45) is 17.8 Å². The molecule has 2 rings (SSSR count). The number of esters is 1. The van der Waals surface area contributed by atoms with Gasteiger partial charge >= 0.3 is 5.97 Å². The van der Waals surface area contributed by atoms with Crippen LogP contribution in [-0.2, 0) is 14.3 Å². The van der Waals surface area contributed by atoms with E-state index >= 15 is 0 Å². The molecule has 0 amide bonds. The van der Waals surface area contributed by atoms with Crippen LogP contribution in [0.15, 0.2) is 11.6 Å². The van der Waals surface area contributed by atoms with E-state index in [0.29, 0.717) is 24.7 Å². The van der Waals surface area contributed by atoms with Gasteiger partial charge in [-0.2, -0.15) is 0 Å². The fraction of sp³-hybridized carbons (Fsp3) is 0.714. The summed E-state index contributed by atoms with van der Waals surface area (Å²) in [6.45, 7) is 4.32. The third-order valence-electron chi connectivity index (χ3n) is 4.01. The lowest BCUT2D eigenvalue weighted by Crippen LogP contribution is -2.28. The maximum absolute atomic E-state index is 11.9. The molecule has 2 aliphatic carbocycles. The molecule has 94 valence electrons. The van der Waals surface area contributed by atoms with Crippen LogP contribution < -0.4 is 0 Å². The zero-order valence-electron chi connectivity index (χ0n) is 10.6. The van der Waals surface area contributed by atoms with Gasteiger partial charge in [0.15, 0.2) is 0 Å². The molecule has 0 aromatic carbocycles. The van der Waals surface area contributed by atoms with Crippen molar-refractivity contribution in [2.75, 3.05) is 6.61 Å². The topological polar surface area (TPSA) is 43.4 Å². The van der Waals surface area contributed by atoms with Crippen molar-refractivity contribution in [3.8, 4) is 0 Å². The van der Waals surface area contributed by atoms with E-state index in [1.807, 2.05) is 6.92 Å². The minimum Gasteiger partial charge on any atom is -0.463 e. The van der Waals surface area contributed by atoms with E-state index in [0.717, 1.165) is 24.8 Å². The summed E-state index contributed by atoms with van der Waals surface area (Å²) in [4.78, 5) is 23.7. The molecule has 0 unspecified atom stereocenters. The molecule has 0 saturated heterocycles. The summed E-state index contributed by atoms with van der Waals surface area (Å²) in [5, 5.41) is 0. The number of hydrogen-bond donors (Lipinski definition) is 0. The molecule has 17 heavy (non-hydrogen) atoms. The fourth-order valence-corrected chi connectivity index (χ4v) is 3.07. The first-order chi connectivity index (χ1) is 8.17. The normalized spacial score (nSPS) is 32.0. The smallest absolute Gasteiger partial charge is 0.333 e. The fourth-order valence-electron chi connectivity index (χ4n) is 3.07. The summed E-state index contributed by atoms with van der Waals surface area (Å²) in [5.74, 6) is 0.685. The minimum absolute atomic E-state index is 0.0735. The van der Waals surface area contributed by atoms with Crippen molar-refractivity contribution in [1.29, 1.82) is 0 Å². The van der Waals surface area contributed by atoms with Gasteiger partial charge < -0.3 is 4.74 Å². The molecule has 0 spiro atoms. The van der Waals surface area contributed by atoms with Gasteiger partial charge in [-0.3, -0.25) is 4.79 Å². The highest BCUT2D eigenvalue weighted by molar-refractivity contribution is 5.93. The van der Waals surface area contributed by atoms with Crippen molar-refractivity contribution in [2.45, 2.75) is 39.5 Å². The third kappa shape index (κ3) is 2.28. The number of ether oxygens (including phenoxy) is 1. The molecule has 3 atom stereocenters. The number of allylic oxidation sites excluding steroid dienone is 1. The van der Waals surface area contributed by atoms with Crippen LogP contribution in [0.25, 0.3) is 0 Å². The Bertz CT molecular complexity index is 356. The maximum atomic E-state index is 11.9. The molecular formula is C14H20O3. The summed E-state index contributed by atoms with van der Waals surface area (Å²) in [5.41, 5.74) is 0.765. The molecule has 3 nitrogen and oxygen atoms in total. The average Bonchev–Trinajstić information content (AvgIpc) is 2.70. The predicted octanol–water partition coefficient (Wildman–Crippen LogP) is 2.50. The van der Waals surface area contributed by atoms with Crippen LogP contribution >= 0.6 is 0 Å². The Morgan fingerprint density at radius 1 is 1.41 bits per heavy atom. The zero-order chi connectivity index (χ0) is 12.4. The predicted molar refractivity (Wildman–Crippen MR) is 64.3 cm³/mol. The monoisotopic (exact) mass is 236 g/mol. The van der Waals surface area contributed by atoms with Crippen LogP contribution in [-0.4, -0.2) is 18.4 Å². The Morgan fingerprint density at radius 2 is 2.18 bits per heavy atom. The lowest BCUT2D eigenvalue weighted by molar-refractivity contribution is -0.139. The Morgan fingerprint density at radius 3 is 2.82 bits per heavy atom. The standard InChI is InChI=1S/C14H20O3/c1-3-9-7-11-10(5-6-13(11)15)12(8-9)14(16)17-4-2/h8-11H,3-7H2,1-2H3/t9-,10-,11-/m0/s1. The second kappa shape index (κ2) is 5.03. The average molecular weight is 236 g/mol. The van der Waals surface area contributed by atoms with Crippen LogP contribution in [0.4, 0.5) is 0 Å². The maximum Gasteiger partial charge on any atom is 0.333 e. The van der Waals surface area contributed by atoms with E-state index in [9.17, 15) is 9.59 Å². The quantitative estimate of drug-likeness (QED) is 0.707. The first-order valence-corrected chi connectivity index (χ1v) is 6.58. The van der Waals surface area contributed by atoms with E-state index in [1.165, 1.54) is 0 Å². The molecule has 0 bridgehead atoms. The van der Waals surface area contributed by atoms with Crippen molar-refractivity contribution in [3.63, 3.8) is 0 Å². The Hall–Kier alpha value is -1.12. The molecule has 0 radical (unpaired) electrons. The van der Waals surface area contributed by atoms with Gasteiger partial charge in [0.25, 0.3) is 0 Å². The first-order valence-electron chi connectivity index (χ1n) is 6.58. The van der Waals surface area contributed by atoms with E-state index in [2.05, 4.69) is 13.0 Å². The van der Waals surface area contributed by atoms with Crippen molar-refractivity contribution in [1.82, 2.24) is 0 Å². The SMILES string of the molecule is CCOC(=O)C1=C[C@@H](CC)C[C@@H]2C(=O)CC[C@H]12. The first kappa shape index (κ1) is 12.3. The van der Waals surface area contributed by atoms with E-state index in [1.54, 1.807) is 0 Å². The second-order valence-corrected chi connectivity index (χ2v) is 4.96. The molecule has 3 heteroatoms. The van der Waals surface area contributed by atoms with Gasteiger partial charge in [-0.25, -0.2) is 4.79 Å². The molecule has 1 saturated carbocycles. The van der Waals surface area contributed by atoms with Crippen LogP contribution in [0.3, 0.4) is 0 Å². The highest BCUT2D eigenvalue weighted by Gasteiger charge is 2.42. The van der Waals surface area contributed by atoms with Gasteiger partial charge in [0, 0.05) is 23.8 Å². The molecule has 1 fully saturated rings. The number of hydrogen-bond acceptors (Lipinski definition) is 3. The lowest BCUT2D eigenvalue weighted by atomic mass is 9.75. The largest absolute Gasteiger partial charge is 0.463 e. The van der Waals surface area contributed by atoms with Crippen molar-refractivity contribution >= 4 is 11.8 Å². The Balaban J connectivity index is 2.24. The van der Waals surface area contributed by atoms with Gasteiger partial charge in [-0.05, 0) is 32.1 Å². The summed E-state index contributed by atoms with van der Waals surface area (Å²) < 4.78 is 5.10. The molecule has 0 aromatic rings. The minimum atomic E-state index is -0.213. The van der Waals surface area contributed by atoms with Crippen molar-refractivity contribution in [3.05, 3.63) is 11.6 Å². The van der Waals surface area contributed by atoms with E-state index < -0.39 is 0 Å². The van der Waals surface area contributed by atoms with E-state index in [-0.39, 0.29) is 17.8 Å². The Kier molecular flexibility index (Phi) is 3.65. The van der Waals surface area contributed by atoms with Crippen LogP contribution in [0, 0.1) is 17.8 Å². The molecule has 0 N–H and O–H groups in total. The number of carbonyl (C=O) groups excluding carboxylic acids is 2. The van der Waals surface area contributed by atoms with Gasteiger partial charge in [-0.1, -0.05) is 13.0 Å². The highest BCUT2D eigenvalue weighted by atomic mass is 16.5. The van der Waals surface area contributed by atoms with E-state index in [4.69, 9.17) is 4.74 Å². The number of Topliss-reactive ketones (excluding diaryl/α,β-unsaturated/α-hetero) is 1. The molecule has 0 aliphatic heterocycles. The number of ketones is 1. The zero-order valence-corrected chi connectivity index (χ0v) is 10.6. The molecule has 0 aromatic heterocycles. The molecule has 2 aliphatic rings. The van der Waals surface area contributed by atoms with Crippen LogP contribution in [0.5, 0.6) is 0 Å². The Labute approximate surface area is 102 Å². The summed E-state index contributed by atoms with van der Waals surface area (Å²) in [6, 6.07) is 0. The summed E-state index contributed by atoms with van der Waals surface area (Å²) in [7, 11) is 0. The summed E-state index contributed by atoms with van der Waals surface area (Å²) >= 11 is 0. The van der Waals surface area contributed by atoms with Crippen LogP contribution in [0.1, 0.15) is 39.5 Å². The van der Waals surface area contributed by atoms with Gasteiger partial charge in [0.2, 0.25) is 0 Å². The summed E-state index contributed by atoms with van der Waals surface area (Å²) in [6.07, 6.45) is 5.41. The van der Waals surface area contributed by atoms with Crippen molar-refractivity contribution < 1.29 is 14.3 Å². The second-order valence-electron chi connectivity index (χ2n) is 4.96. The molecular weight excluding hydrogens is 216 g/mol. The number of rotatable bonds is 3. The van der Waals surface area contributed by atoms with Crippen LogP contribution in [0.2, 0.25) is 0 Å². The highest BCUT2D eigenvalue weighted by Crippen LogP contribution is 2.43.